The summed E-state index contributed by atoms with van der Waals surface area (Å²) in [5, 5.41) is 24.9. The third-order valence-electron chi connectivity index (χ3n) is 3.59. The summed E-state index contributed by atoms with van der Waals surface area (Å²) in [5.41, 5.74) is 15.4. The molecule has 0 aromatic carbocycles. The number of hydrogen-bond donors (Lipinski definition) is 8. The second kappa shape index (κ2) is 11.6. The predicted octanol–water partition coefficient (Wildman–Crippen LogP) is -5.00. The average Bonchev–Trinajstić information content (AvgIpc) is 2.56. The Morgan fingerprint density at radius 3 is 1.76 bits per heavy atom. The second-order valence-corrected chi connectivity index (χ2v) is 6.30. The van der Waals surface area contributed by atoms with Gasteiger partial charge < -0.3 is 43.4 Å². The minimum absolute atomic E-state index is 0.514. The molecular formula is C15H26N6O8. The fraction of sp³-hybridized carbons (Fsp3) is 0.600. The van der Waals surface area contributed by atoms with Crippen molar-refractivity contribution in [2.45, 2.75) is 57.0 Å². The molecule has 0 aromatic rings. The summed E-state index contributed by atoms with van der Waals surface area (Å²) in [5.74, 6) is -6.27. The van der Waals surface area contributed by atoms with E-state index < -0.39 is 78.6 Å². The van der Waals surface area contributed by atoms with Crippen molar-refractivity contribution in [3.8, 4) is 0 Å². The Morgan fingerprint density at radius 2 is 1.34 bits per heavy atom. The fourth-order valence-corrected chi connectivity index (χ4v) is 2.02. The van der Waals surface area contributed by atoms with E-state index in [0.29, 0.717) is 0 Å². The number of carbonyl (C=O) groups excluding carboxylic acids is 5. The monoisotopic (exact) mass is 418 g/mol. The van der Waals surface area contributed by atoms with Crippen LogP contribution < -0.4 is 33.2 Å². The standard InChI is InChI=1S/C15H26N6O8/c1-5(15(28)29)19-13(26)8(4-10(18)24)20-14(27)11(6(2)22)21-12(25)7(16)3-9(17)23/h5-8,11,22H,3-4,16H2,1-2H3,(H2,17,23)(H2,18,24)(H,19,26)(H,20,27)(H,21,25)(H,28,29). The van der Waals surface area contributed by atoms with Crippen molar-refractivity contribution in [3.05, 3.63) is 0 Å². The molecule has 11 N–H and O–H groups in total. The van der Waals surface area contributed by atoms with E-state index in [1.165, 1.54) is 0 Å². The lowest BCUT2D eigenvalue weighted by Gasteiger charge is -2.25. The van der Waals surface area contributed by atoms with Crippen molar-refractivity contribution in [3.63, 3.8) is 0 Å². The average molecular weight is 418 g/mol. The van der Waals surface area contributed by atoms with Gasteiger partial charge in [0.1, 0.15) is 18.1 Å². The van der Waals surface area contributed by atoms with Gasteiger partial charge in [-0.15, -0.1) is 0 Å². The maximum atomic E-state index is 12.4. The molecule has 0 heterocycles. The van der Waals surface area contributed by atoms with Gasteiger partial charge in [0.05, 0.1) is 25.0 Å². The number of aliphatic hydroxyl groups is 1. The van der Waals surface area contributed by atoms with E-state index in [9.17, 15) is 33.9 Å². The topological polar surface area (TPSA) is 257 Å². The number of nitrogens with two attached hydrogens (primary N) is 3. The third-order valence-corrected chi connectivity index (χ3v) is 3.59. The SMILES string of the molecule is CC(NC(=O)C(CC(N)=O)NC(=O)C(NC(=O)C(N)CC(N)=O)C(C)O)C(=O)O. The minimum Gasteiger partial charge on any atom is -0.480 e. The maximum absolute atomic E-state index is 12.4. The third kappa shape index (κ3) is 9.48. The lowest BCUT2D eigenvalue weighted by molar-refractivity contribution is -0.142. The smallest absolute Gasteiger partial charge is 0.325 e. The summed E-state index contributed by atoms with van der Waals surface area (Å²) in [4.78, 5) is 69.4. The first-order valence-electron chi connectivity index (χ1n) is 8.40. The van der Waals surface area contributed by atoms with E-state index in [2.05, 4.69) is 16.0 Å². The highest BCUT2D eigenvalue weighted by molar-refractivity contribution is 5.96. The van der Waals surface area contributed by atoms with Crippen LogP contribution in [0, 0.1) is 0 Å². The van der Waals surface area contributed by atoms with Gasteiger partial charge in [0.15, 0.2) is 0 Å². The zero-order valence-corrected chi connectivity index (χ0v) is 15.9. The largest absolute Gasteiger partial charge is 0.480 e. The van der Waals surface area contributed by atoms with E-state index in [1.807, 2.05) is 0 Å². The van der Waals surface area contributed by atoms with Crippen LogP contribution >= 0.6 is 0 Å². The molecule has 0 bridgehead atoms. The van der Waals surface area contributed by atoms with E-state index in [1.54, 1.807) is 0 Å². The summed E-state index contributed by atoms with van der Waals surface area (Å²) in [6, 6.07) is -5.89. The molecule has 0 saturated carbocycles. The second-order valence-electron chi connectivity index (χ2n) is 6.30. The number of rotatable bonds is 12. The van der Waals surface area contributed by atoms with Crippen LogP contribution in [0.25, 0.3) is 0 Å². The van der Waals surface area contributed by atoms with Gasteiger partial charge in [0.25, 0.3) is 0 Å². The molecule has 0 aliphatic carbocycles. The Hall–Kier alpha value is -3.26. The van der Waals surface area contributed by atoms with Crippen LogP contribution in [0.15, 0.2) is 0 Å². The number of nitrogens with one attached hydrogen (secondary N) is 3. The van der Waals surface area contributed by atoms with Gasteiger partial charge in [0.2, 0.25) is 29.5 Å². The Bertz CT molecular complexity index is 667. The zero-order valence-electron chi connectivity index (χ0n) is 15.9. The van der Waals surface area contributed by atoms with E-state index in [-0.39, 0.29) is 0 Å². The van der Waals surface area contributed by atoms with Gasteiger partial charge in [-0.05, 0) is 13.8 Å². The highest BCUT2D eigenvalue weighted by atomic mass is 16.4. The minimum atomic E-state index is -1.61. The van der Waals surface area contributed by atoms with Gasteiger partial charge in [-0.1, -0.05) is 0 Å². The first-order valence-corrected chi connectivity index (χ1v) is 8.40. The highest BCUT2D eigenvalue weighted by Crippen LogP contribution is 2.00. The predicted molar refractivity (Wildman–Crippen MR) is 96.4 cm³/mol. The molecule has 0 spiro atoms. The summed E-state index contributed by atoms with van der Waals surface area (Å²) in [7, 11) is 0. The van der Waals surface area contributed by atoms with Gasteiger partial charge >= 0.3 is 5.97 Å². The molecule has 14 nitrogen and oxygen atoms in total. The van der Waals surface area contributed by atoms with E-state index >= 15 is 0 Å². The molecule has 0 rings (SSSR count). The quantitative estimate of drug-likeness (QED) is 0.151. The zero-order chi connectivity index (χ0) is 22.9. The Balaban J connectivity index is 5.31. The summed E-state index contributed by atoms with van der Waals surface area (Å²) in [6.45, 7) is 2.31. The van der Waals surface area contributed by atoms with E-state index in [0.717, 1.165) is 13.8 Å². The molecule has 0 aromatic heterocycles. The Kier molecular flexibility index (Phi) is 10.3. The van der Waals surface area contributed by atoms with Crippen molar-refractivity contribution < 1.29 is 39.0 Å². The van der Waals surface area contributed by atoms with Crippen LogP contribution in [0.4, 0.5) is 0 Å². The van der Waals surface area contributed by atoms with Gasteiger partial charge in [-0.25, -0.2) is 0 Å². The molecule has 0 fully saturated rings. The van der Waals surface area contributed by atoms with Gasteiger partial charge in [-0.3, -0.25) is 28.8 Å². The summed E-state index contributed by atoms with van der Waals surface area (Å²) < 4.78 is 0. The van der Waals surface area contributed by atoms with Crippen LogP contribution in [0.5, 0.6) is 0 Å². The van der Waals surface area contributed by atoms with Crippen LogP contribution in [-0.4, -0.2) is 76.0 Å². The molecule has 0 saturated heterocycles. The van der Waals surface area contributed by atoms with Crippen molar-refractivity contribution >= 4 is 35.5 Å². The molecule has 0 radical (unpaired) electrons. The molecular weight excluding hydrogens is 392 g/mol. The van der Waals surface area contributed by atoms with Gasteiger partial charge in [-0.2, -0.15) is 0 Å². The molecule has 5 amide bonds. The molecule has 5 atom stereocenters. The maximum Gasteiger partial charge on any atom is 0.325 e. The van der Waals surface area contributed by atoms with Crippen LogP contribution in [0.1, 0.15) is 26.7 Å². The van der Waals surface area contributed by atoms with Crippen molar-refractivity contribution in [1.82, 2.24) is 16.0 Å². The normalized spacial score (nSPS) is 15.7. The van der Waals surface area contributed by atoms with Crippen molar-refractivity contribution in [2.75, 3.05) is 0 Å². The van der Waals surface area contributed by atoms with Crippen LogP contribution in [0.3, 0.4) is 0 Å². The lowest BCUT2D eigenvalue weighted by Crippen LogP contribution is -2.60. The van der Waals surface area contributed by atoms with E-state index in [4.69, 9.17) is 22.3 Å². The number of carboxylic acids is 1. The number of hydrogen-bond acceptors (Lipinski definition) is 8. The number of aliphatic carboxylic acids is 1. The van der Waals surface area contributed by atoms with Gasteiger partial charge in [0, 0.05) is 0 Å². The van der Waals surface area contributed by atoms with Crippen LogP contribution in [0.2, 0.25) is 0 Å². The first kappa shape index (κ1) is 25.7. The number of aliphatic hydroxyl groups excluding tert-OH is 1. The summed E-state index contributed by atoms with van der Waals surface area (Å²) in [6.07, 6.45) is -2.65. The molecule has 29 heavy (non-hydrogen) atoms. The van der Waals surface area contributed by atoms with Crippen LogP contribution in [-0.2, 0) is 28.8 Å². The number of carbonyl (C=O) groups is 6. The molecule has 5 unspecified atom stereocenters. The highest BCUT2D eigenvalue weighted by Gasteiger charge is 2.32. The molecule has 164 valence electrons. The number of primary amides is 2. The number of amides is 5. The first-order chi connectivity index (χ1) is 13.3. The Labute approximate surface area is 165 Å². The summed E-state index contributed by atoms with van der Waals surface area (Å²) >= 11 is 0. The fourth-order valence-electron chi connectivity index (χ4n) is 2.02. The van der Waals surface area contributed by atoms with Crippen molar-refractivity contribution in [1.29, 1.82) is 0 Å². The van der Waals surface area contributed by atoms with Crippen molar-refractivity contribution in [2.24, 2.45) is 17.2 Å². The molecule has 0 aliphatic rings. The molecule has 0 aliphatic heterocycles. The molecule has 14 heteroatoms. The number of carboxylic acid groups (broad SMARTS) is 1. The lowest BCUT2D eigenvalue weighted by atomic mass is 10.1. The Morgan fingerprint density at radius 1 is 0.828 bits per heavy atom.